The molecule has 3 aromatic heterocycles. The van der Waals surface area contributed by atoms with Crippen LogP contribution in [0.1, 0.15) is 56.2 Å². The van der Waals surface area contributed by atoms with Gasteiger partial charge in [0.25, 0.3) is 0 Å². The van der Waals surface area contributed by atoms with Crippen LogP contribution in [0.2, 0.25) is 0 Å². The van der Waals surface area contributed by atoms with Gasteiger partial charge in [-0.2, -0.15) is 5.10 Å². The number of nitrogens with zero attached hydrogens (tertiary/aromatic N) is 5. The van der Waals surface area contributed by atoms with Gasteiger partial charge >= 0.3 is 0 Å². The summed E-state index contributed by atoms with van der Waals surface area (Å²) in [6, 6.07) is 8.25. The molecule has 0 aromatic carbocycles. The SMILES string of the molecule is OC1CCN(c2cc(Nc3cc(Oc4cn(C5CC5)nc4C4CCOCC4)ccn3)ccn2)CC1. The van der Waals surface area contributed by atoms with Gasteiger partial charge in [0.15, 0.2) is 5.75 Å². The van der Waals surface area contributed by atoms with E-state index in [4.69, 9.17) is 14.6 Å². The first kappa shape index (κ1) is 22.3. The van der Waals surface area contributed by atoms with Crippen molar-refractivity contribution in [3.05, 3.63) is 48.5 Å². The van der Waals surface area contributed by atoms with Crippen LogP contribution in [0.15, 0.2) is 42.9 Å². The minimum Gasteiger partial charge on any atom is -0.454 e. The van der Waals surface area contributed by atoms with Crippen molar-refractivity contribution in [3.63, 3.8) is 0 Å². The fourth-order valence-electron chi connectivity index (χ4n) is 4.83. The summed E-state index contributed by atoms with van der Waals surface area (Å²) in [6.07, 6.45) is 11.3. The second-order valence-electron chi connectivity index (χ2n) is 9.70. The molecular weight excluding hydrogens is 444 g/mol. The number of hydrogen-bond acceptors (Lipinski definition) is 8. The van der Waals surface area contributed by atoms with Crippen LogP contribution in [-0.4, -0.2) is 57.3 Å². The first-order chi connectivity index (χ1) is 17.2. The van der Waals surface area contributed by atoms with Gasteiger partial charge in [0.2, 0.25) is 0 Å². The van der Waals surface area contributed by atoms with Crippen LogP contribution in [0.25, 0.3) is 0 Å². The summed E-state index contributed by atoms with van der Waals surface area (Å²) in [6.45, 7) is 3.16. The number of aromatic nitrogens is 4. The van der Waals surface area contributed by atoms with Gasteiger partial charge in [0.05, 0.1) is 18.3 Å². The van der Waals surface area contributed by atoms with E-state index >= 15 is 0 Å². The van der Waals surface area contributed by atoms with Crippen molar-refractivity contribution in [2.24, 2.45) is 0 Å². The van der Waals surface area contributed by atoms with Gasteiger partial charge in [-0.1, -0.05) is 0 Å². The molecule has 184 valence electrons. The lowest BCUT2D eigenvalue weighted by molar-refractivity contribution is 0.0839. The highest BCUT2D eigenvalue weighted by Gasteiger charge is 2.30. The lowest BCUT2D eigenvalue weighted by Crippen LogP contribution is -2.36. The molecule has 2 aliphatic heterocycles. The molecule has 0 atom stereocenters. The second kappa shape index (κ2) is 9.83. The number of piperidine rings is 1. The van der Waals surface area contributed by atoms with E-state index in [0.29, 0.717) is 17.8 Å². The molecule has 3 aromatic rings. The molecule has 0 unspecified atom stereocenters. The van der Waals surface area contributed by atoms with Gasteiger partial charge in [-0.15, -0.1) is 0 Å². The van der Waals surface area contributed by atoms with Crippen LogP contribution in [-0.2, 0) is 4.74 Å². The van der Waals surface area contributed by atoms with E-state index in [1.165, 1.54) is 12.8 Å². The summed E-state index contributed by atoms with van der Waals surface area (Å²) < 4.78 is 14.0. The van der Waals surface area contributed by atoms with Crippen molar-refractivity contribution in [1.29, 1.82) is 0 Å². The Bertz CT molecular complexity index is 1150. The third kappa shape index (κ3) is 5.26. The highest BCUT2D eigenvalue weighted by atomic mass is 16.5. The summed E-state index contributed by atoms with van der Waals surface area (Å²) in [5.74, 6) is 3.54. The van der Waals surface area contributed by atoms with Crippen LogP contribution in [0.4, 0.5) is 17.3 Å². The Kier molecular flexibility index (Phi) is 6.26. The quantitative estimate of drug-likeness (QED) is 0.518. The predicted molar refractivity (Wildman–Crippen MR) is 133 cm³/mol. The molecule has 0 amide bonds. The van der Waals surface area contributed by atoms with Gasteiger partial charge in [0.1, 0.15) is 23.1 Å². The van der Waals surface area contributed by atoms with Crippen molar-refractivity contribution >= 4 is 17.3 Å². The number of nitrogens with one attached hydrogen (secondary N) is 1. The molecular formula is C26H32N6O3. The Morgan fingerprint density at radius 3 is 2.57 bits per heavy atom. The molecule has 0 bridgehead atoms. The second-order valence-corrected chi connectivity index (χ2v) is 9.70. The van der Waals surface area contributed by atoms with E-state index in [9.17, 15) is 5.11 Å². The van der Waals surface area contributed by atoms with Crippen LogP contribution in [0.3, 0.4) is 0 Å². The molecule has 2 saturated heterocycles. The van der Waals surface area contributed by atoms with Crippen molar-refractivity contribution in [2.45, 2.75) is 56.6 Å². The van der Waals surface area contributed by atoms with E-state index in [2.05, 4.69) is 31.1 Å². The lowest BCUT2D eigenvalue weighted by Gasteiger charge is -2.30. The molecule has 9 nitrogen and oxygen atoms in total. The van der Waals surface area contributed by atoms with Crippen molar-refractivity contribution < 1.29 is 14.6 Å². The largest absolute Gasteiger partial charge is 0.454 e. The molecule has 1 saturated carbocycles. The number of aliphatic hydroxyl groups excluding tert-OH is 1. The molecule has 9 heteroatoms. The monoisotopic (exact) mass is 476 g/mol. The van der Waals surface area contributed by atoms with Gasteiger partial charge < -0.3 is 24.8 Å². The summed E-state index contributed by atoms with van der Waals surface area (Å²) in [4.78, 5) is 11.2. The van der Waals surface area contributed by atoms with Gasteiger partial charge in [-0.3, -0.25) is 4.68 Å². The minimum absolute atomic E-state index is 0.206. The van der Waals surface area contributed by atoms with Gasteiger partial charge in [-0.25, -0.2) is 9.97 Å². The van der Waals surface area contributed by atoms with E-state index in [1.54, 1.807) is 12.4 Å². The van der Waals surface area contributed by atoms with Gasteiger partial charge in [-0.05, 0) is 50.7 Å². The van der Waals surface area contributed by atoms with E-state index in [1.807, 2.05) is 24.3 Å². The Labute approximate surface area is 205 Å². The van der Waals surface area contributed by atoms with Crippen LogP contribution < -0.4 is 15.0 Å². The van der Waals surface area contributed by atoms with E-state index in [0.717, 1.165) is 80.7 Å². The fraction of sp³-hybridized carbons (Fsp3) is 0.500. The average Bonchev–Trinajstić information content (AvgIpc) is 3.66. The first-order valence-corrected chi connectivity index (χ1v) is 12.7. The third-order valence-electron chi connectivity index (χ3n) is 7.02. The summed E-state index contributed by atoms with van der Waals surface area (Å²) in [5, 5.41) is 18.1. The minimum atomic E-state index is -0.206. The zero-order valence-corrected chi connectivity index (χ0v) is 19.8. The maximum Gasteiger partial charge on any atom is 0.168 e. The Hall–Kier alpha value is -3.17. The van der Waals surface area contributed by atoms with E-state index < -0.39 is 0 Å². The van der Waals surface area contributed by atoms with Crippen molar-refractivity contribution in [3.8, 4) is 11.5 Å². The molecule has 6 rings (SSSR count). The third-order valence-corrected chi connectivity index (χ3v) is 7.02. The topological polar surface area (TPSA) is 97.6 Å². The lowest BCUT2D eigenvalue weighted by atomic mass is 9.96. The normalized spacial score (nSPS) is 19.6. The van der Waals surface area contributed by atoms with E-state index in [-0.39, 0.29) is 6.10 Å². The highest BCUT2D eigenvalue weighted by molar-refractivity contribution is 5.61. The van der Waals surface area contributed by atoms with Crippen LogP contribution in [0.5, 0.6) is 11.5 Å². The number of rotatable bonds is 7. The summed E-state index contributed by atoms with van der Waals surface area (Å²) in [7, 11) is 0. The number of hydrogen-bond donors (Lipinski definition) is 2. The Morgan fingerprint density at radius 1 is 0.971 bits per heavy atom. The van der Waals surface area contributed by atoms with Gasteiger partial charge in [0, 0.05) is 62.4 Å². The fourth-order valence-corrected chi connectivity index (χ4v) is 4.83. The summed E-state index contributed by atoms with van der Waals surface area (Å²) in [5.41, 5.74) is 1.95. The molecule has 2 N–H and O–H groups in total. The smallest absolute Gasteiger partial charge is 0.168 e. The molecule has 0 radical (unpaired) electrons. The number of aliphatic hydroxyl groups is 1. The molecule has 35 heavy (non-hydrogen) atoms. The van der Waals surface area contributed by atoms with Crippen molar-refractivity contribution in [1.82, 2.24) is 19.7 Å². The highest BCUT2D eigenvalue weighted by Crippen LogP contribution is 2.40. The number of anilines is 3. The average molecular weight is 477 g/mol. The molecule has 5 heterocycles. The summed E-state index contributed by atoms with van der Waals surface area (Å²) >= 11 is 0. The molecule has 3 fully saturated rings. The maximum absolute atomic E-state index is 9.79. The Morgan fingerprint density at radius 2 is 1.77 bits per heavy atom. The van der Waals surface area contributed by atoms with Crippen LogP contribution in [0, 0.1) is 0 Å². The zero-order valence-electron chi connectivity index (χ0n) is 19.8. The zero-order chi connectivity index (χ0) is 23.6. The van der Waals surface area contributed by atoms with Crippen LogP contribution >= 0.6 is 0 Å². The molecule has 1 aliphatic carbocycles. The Balaban J connectivity index is 1.18. The standard InChI is InChI=1S/C26H32N6O3/c33-21-5-11-31(12-6-21)25-15-19(3-9-28-25)29-24-16-22(4-10-27-24)35-23-17-32(20-1-2-20)30-26(23)18-7-13-34-14-8-18/h3-4,9-10,15-18,20-21,33H,1-2,5-8,11-14H2,(H,27,28,29). The number of ether oxygens (including phenoxy) is 2. The number of pyridine rings is 2. The molecule has 0 spiro atoms. The van der Waals surface area contributed by atoms with Crippen molar-refractivity contribution in [2.75, 3.05) is 36.5 Å². The maximum atomic E-state index is 9.79. The molecule has 3 aliphatic rings. The predicted octanol–water partition coefficient (Wildman–Crippen LogP) is 4.40. The first-order valence-electron chi connectivity index (χ1n) is 12.7.